The van der Waals surface area contributed by atoms with Gasteiger partial charge in [0.1, 0.15) is 23.7 Å². The van der Waals surface area contributed by atoms with Crippen molar-refractivity contribution in [2.24, 2.45) is 0 Å². The number of hydrogen-bond acceptors (Lipinski definition) is 5. The zero-order chi connectivity index (χ0) is 21.3. The van der Waals surface area contributed by atoms with E-state index < -0.39 is 18.1 Å². The lowest BCUT2D eigenvalue weighted by Gasteiger charge is -2.23. The predicted molar refractivity (Wildman–Crippen MR) is 115 cm³/mol. The second-order valence-corrected chi connectivity index (χ2v) is 7.97. The first-order valence-corrected chi connectivity index (χ1v) is 10.2. The molecule has 2 aromatic carbocycles. The minimum Gasteiger partial charge on any atom is -0.486 e. The molecule has 1 aliphatic rings. The fourth-order valence-electron chi connectivity index (χ4n) is 3.30. The Morgan fingerprint density at radius 1 is 1.27 bits per heavy atom. The molecule has 4 rings (SSSR count). The summed E-state index contributed by atoms with van der Waals surface area (Å²) in [5.41, 5.74) is 1.67. The van der Waals surface area contributed by atoms with Crippen molar-refractivity contribution in [1.82, 2.24) is 20.5 Å². The summed E-state index contributed by atoms with van der Waals surface area (Å²) in [5, 5.41) is 9.50. The summed E-state index contributed by atoms with van der Waals surface area (Å²) in [7, 11) is 1.65. The van der Waals surface area contributed by atoms with Gasteiger partial charge in [0, 0.05) is 17.9 Å². The molecule has 0 saturated heterocycles. The molecule has 0 radical (unpaired) electrons. The van der Waals surface area contributed by atoms with Crippen LogP contribution in [0.5, 0.6) is 5.75 Å². The van der Waals surface area contributed by atoms with E-state index in [1.54, 1.807) is 26.1 Å². The van der Waals surface area contributed by atoms with Gasteiger partial charge in [-0.05, 0) is 30.7 Å². The average Bonchev–Trinajstić information content (AvgIpc) is 3.18. The van der Waals surface area contributed by atoms with Gasteiger partial charge in [0.05, 0.1) is 5.69 Å². The molecule has 0 spiro atoms. The molecule has 0 unspecified atom stereocenters. The molecule has 3 aromatic rings. The molecule has 154 valence electrons. The first-order valence-electron chi connectivity index (χ1n) is 9.42. The quantitative estimate of drug-likeness (QED) is 0.611. The van der Waals surface area contributed by atoms with Crippen LogP contribution in [0.25, 0.3) is 0 Å². The van der Waals surface area contributed by atoms with Crippen LogP contribution in [0.4, 0.5) is 5.69 Å². The van der Waals surface area contributed by atoms with E-state index in [1.807, 2.05) is 36.4 Å². The molecular weight excluding hydrogens is 450 g/mol. The highest BCUT2D eigenvalue weighted by Crippen LogP contribution is 2.34. The van der Waals surface area contributed by atoms with Gasteiger partial charge in [-0.1, -0.05) is 46.3 Å². The smallest absolute Gasteiger partial charge is 0.291 e. The van der Waals surface area contributed by atoms with Gasteiger partial charge in [0.15, 0.2) is 0 Å². The number of anilines is 1. The second kappa shape index (κ2) is 8.27. The summed E-state index contributed by atoms with van der Waals surface area (Å²) in [4.78, 5) is 31.5. The van der Waals surface area contributed by atoms with E-state index in [1.165, 1.54) is 4.90 Å². The number of nitrogens with one attached hydrogen (secondary N) is 2. The molecule has 0 fully saturated rings. The van der Waals surface area contributed by atoms with Crippen LogP contribution in [0.2, 0.25) is 0 Å². The Hall–Kier alpha value is -3.20. The van der Waals surface area contributed by atoms with Gasteiger partial charge in [-0.2, -0.15) is 0 Å². The van der Waals surface area contributed by atoms with Crippen LogP contribution in [0.3, 0.4) is 0 Å². The normalized spacial score (nSPS) is 18.4. The lowest BCUT2D eigenvalue weighted by atomic mass is 10.1. The van der Waals surface area contributed by atoms with Gasteiger partial charge in [-0.3, -0.25) is 14.7 Å². The lowest BCUT2D eigenvalue weighted by molar-refractivity contribution is -0.121. The van der Waals surface area contributed by atoms with Crippen molar-refractivity contribution < 1.29 is 14.3 Å². The highest BCUT2D eigenvalue weighted by Gasteiger charge is 2.36. The fourth-order valence-corrected chi connectivity index (χ4v) is 3.65. The van der Waals surface area contributed by atoms with Gasteiger partial charge in [0.2, 0.25) is 5.82 Å². The number of fused-ring (bicyclic) bond motifs is 1. The van der Waals surface area contributed by atoms with Crippen LogP contribution in [-0.4, -0.2) is 46.2 Å². The van der Waals surface area contributed by atoms with Crippen molar-refractivity contribution in [2.45, 2.75) is 25.5 Å². The molecule has 0 bridgehead atoms. The van der Waals surface area contributed by atoms with Crippen LogP contribution in [0.15, 0.2) is 53.0 Å². The number of rotatable bonds is 4. The highest BCUT2D eigenvalue weighted by molar-refractivity contribution is 9.10. The van der Waals surface area contributed by atoms with E-state index in [0.717, 1.165) is 10.0 Å². The number of amides is 2. The number of halogens is 1. The monoisotopic (exact) mass is 469 g/mol. The molecule has 1 aromatic heterocycles. The molecular formula is C21H20BrN5O3. The number of ether oxygens (including phenoxy) is 1. The van der Waals surface area contributed by atoms with Gasteiger partial charge < -0.3 is 15.0 Å². The standard InChI is InChI=1S/C21H20BrN5O3/c1-12-18(21(29)27(2)15-11-14(22)8-9-16(15)30-12)24-20(28)19-23-17(25-26-19)10-13-6-4-3-5-7-13/h3-9,11-12,18H,10H2,1-2H3,(H,24,28)(H,23,25,26)/t12-,18+/m1/s1. The number of carbonyl (C=O) groups is 2. The third-order valence-electron chi connectivity index (χ3n) is 4.90. The first-order chi connectivity index (χ1) is 14.4. The number of nitrogens with zero attached hydrogens (tertiary/aromatic N) is 3. The molecule has 0 saturated carbocycles. The molecule has 30 heavy (non-hydrogen) atoms. The summed E-state index contributed by atoms with van der Waals surface area (Å²) in [6.07, 6.45) is -0.0512. The van der Waals surface area contributed by atoms with E-state index >= 15 is 0 Å². The van der Waals surface area contributed by atoms with Crippen LogP contribution in [0.1, 0.15) is 28.9 Å². The minimum absolute atomic E-state index is 0.0203. The van der Waals surface area contributed by atoms with Crippen molar-refractivity contribution in [3.63, 3.8) is 0 Å². The zero-order valence-corrected chi connectivity index (χ0v) is 18.0. The summed E-state index contributed by atoms with van der Waals surface area (Å²) in [6.45, 7) is 1.74. The third-order valence-corrected chi connectivity index (χ3v) is 5.39. The average molecular weight is 470 g/mol. The highest BCUT2D eigenvalue weighted by atomic mass is 79.9. The lowest BCUT2D eigenvalue weighted by Crippen LogP contribution is -2.53. The maximum atomic E-state index is 13.0. The largest absolute Gasteiger partial charge is 0.486 e. The molecule has 2 amide bonds. The Morgan fingerprint density at radius 2 is 2.03 bits per heavy atom. The summed E-state index contributed by atoms with van der Waals surface area (Å²) >= 11 is 3.41. The van der Waals surface area contributed by atoms with E-state index in [4.69, 9.17) is 4.74 Å². The van der Waals surface area contributed by atoms with Gasteiger partial charge in [-0.15, -0.1) is 5.10 Å². The minimum atomic E-state index is -0.884. The molecule has 2 heterocycles. The van der Waals surface area contributed by atoms with E-state index in [-0.39, 0.29) is 11.7 Å². The van der Waals surface area contributed by atoms with E-state index in [9.17, 15) is 9.59 Å². The summed E-state index contributed by atoms with van der Waals surface area (Å²) in [5.74, 6) is 0.291. The molecule has 1 aliphatic heterocycles. The van der Waals surface area contributed by atoms with Crippen molar-refractivity contribution in [3.05, 3.63) is 70.2 Å². The maximum Gasteiger partial charge on any atom is 0.291 e. The first kappa shape index (κ1) is 20.1. The third kappa shape index (κ3) is 4.06. The molecule has 2 N–H and O–H groups in total. The summed E-state index contributed by atoms with van der Waals surface area (Å²) < 4.78 is 6.76. The van der Waals surface area contributed by atoms with E-state index in [2.05, 4.69) is 36.4 Å². The number of hydrogen-bond donors (Lipinski definition) is 2. The van der Waals surface area contributed by atoms with E-state index in [0.29, 0.717) is 23.7 Å². The van der Waals surface area contributed by atoms with Crippen LogP contribution < -0.4 is 15.0 Å². The topological polar surface area (TPSA) is 100 Å². The molecule has 8 nitrogen and oxygen atoms in total. The fraction of sp³-hybridized carbons (Fsp3) is 0.238. The summed E-state index contributed by atoms with van der Waals surface area (Å²) in [6, 6.07) is 14.3. The van der Waals surface area contributed by atoms with Gasteiger partial charge >= 0.3 is 0 Å². The maximum absolute atomic E-state index is 13.0. The Balaban J connectivity index is 1.50. The van der Waals surface area contributed by atoms with Crippen molar-refractivity contribution in [1.29, 1.82) is 0 Å². The Morgan fingerprint density at radius 3 is 2.80 bits per heavy atom. The van der Waals surface area contributed by atoms with Gasteiger partial charge in [0.25, 0.3) is 11.8 Å². The zero-order valence-electron chi connectivity index (χ0n) is 16.4. The van der Waals surface area contributed by atoms with Crippen molar-refractivity contribution in [2.75, 3.05) is 11.9 Å². The SMILES string of the molecule is C[C@H]1Oc2ccc(Br)cc2N(C)C(=O)[C@H]1NC(=O)c1n[nH]c(Cc2ccccc2)n1. The van der Waals surface area contributed by atoms with Gasteiger partial charge in [-0.25, -0.2) is 4.98 Å². The van der Waals surface area contributed by atoms with Crippen LogP contribution in [0, 0.1) is 0 Å². The van der Waals surface area contributed by atoms with Crippen LogP contribution in [-0.2, 0) is 11.2 Å². The number of aromatic amines is 1. The molecule has 2 atom stereocenters. The van der Waals surface area contributed by atoms with Crippen LogP contribution >= 0.6 is 15.9 Å². The number of benzene rings is 2. The second-order valence-electron chi connectivity index (χ2n) is 7.05. The number of likely N-dealkylation sites (N-methyl/N-ethyl adjacent to an activating group) is 1. The number of aromatic nitrogens is 3. The van der Waals surface area contributed by atoms with Crippen molar-refractivity contribution in [3.8, 4) is 5.75 Å². The Labute approximate surface area is 181 Å². The molecule has 0 aliphatic carbocycles. The van der Waals surface area contributed by atoms with Crippen molar-refractivity contribution >= 4 is 33.4 Å². The Kier molecular flexibility index (Phi) is 5.54. The molecule has 9 heteroatoms. The Bertz CT molecular complexity index is 1090. The number of carbonyl (C=O) groups excluding carboxylic acids is 2. The predicted octanol–water partition coefficient (Wildman–Crippen LogP) is 2.70. The number of H-pyrrole nitrogens is 1.